The second-order valence-corrected chi connectivity index (χ2v) is 8.83. The molecule has 6 heteroatoms. The lowest BCUT2D eigenvalue weighted by molar-refractivity contribution is -0.142. The fraction of sp³-hybridized carbons (Fsp3) is 0.462. The predicted octanol–water partition coefficient (Wildman–Crippen LogP) is 5.15. The minimum absolute atomic E-state index is 0.135. The van der Waals surface area contributed by atoms with E-state index >= 15 is 0 Å². The summed E-state index contributed by atoms with van der Waals surface area (Å²) in [6.45, 7) is 3.96. The molecule has 1 aliphatic rings. The number of amides is 2. The van der Waals surface area contributed by atoms with Crippen molar-refractivity contribution in [3.8, 4) is 5.75 Å². The monoisotopic (exact) mass is 456 g/mol. The molecule has 0 heterocycles. The first-order chi connectivity index (χ1) is 15.5. The SMILES string of the molecule is CCc1ccc(OCC(=O)N(Cc2ccccc2Cl)[C@@H](C)C(=O)NC2CCCCC2)cc1. The molecule has 0 spiro atoms. The van der Waals surface area contributed by atoms with E-state index in [0.29, 0.717) is 10.8 Å². The van der Waals surface area contributed by atoms with Crippen LogP contribution in [0.3, 0.4) is 0 Å². The van der Waals surface area contributed by atoms with Crippen LogP contribution in [0.2, 0.25) is 5.02 Å². The number of ether oxygens (including phenoxy) is 1. The molecule has 32 heavy (non-hydrogen) atoms. The van der Waals surface area contributed by atoms with Crippen LogP contribution in [0.5, 0.6) is 5.75 Å². The Hall–Kier alpha value is -2.53. The van der Waals surface area contributed by atoms with Gasteiger partial charge in [0, 0.05) is 17.6 Å². The first kappa shape index (κ1) is 24.1. The zero-order chi connectivity index (χ0) is 22.9. The van der Waals surface area contributed by atoms with Crippen LogP contribution in [0, 0.1) is 0 Å². The Bertz CT molecular complexity index is 894. The minimum Gasteiger partial charge on any atom is -0.484 e. The number of halogens is 1. The van der Waals surface area contributed by atoms with Gasteiger partial charge < -0.3 is 15.0 Å². The molecule has 0 bridgehead atoms. The maximum Gasteiger partial charge on any atom is 0.261 e. The van der Waals surface area contributed by atoms with E-state index in [0.717, 1.165) is 37.7 Å². The average molecular weight is 457 g/mol. The summed E-state index contributed by atoms with van der Waals surface area (Å²) in [5.74, 6) is 0.243. The third kappa shape index (κ3) is 6.73. The summed E-state index contributed by atoms with van der Waals surface area (Å²) >= 11 is 6.34. The largest absolute Gasteiger partial charge is 0.484 e. The van der Waals surface area contributed by atoms with Crippen molar-refractivity contribution in [2.24, 2.45) is 0 Å². The van der Waals surface area contributed by atoms with Gasteiger partial charge in [-0.15, -0.1) is 0 Å². The van der Waals surface area contributed by atoms with E-state index in [1.807, 2.05) is 42.5 Å². The third-order valence-corrected chi connectivity index (χ3v) is 6.48. The number of nitrogens with one attached hydrogen (secondary N) is 1. The Morgan fingerprint density at radius 3 is 2.44 bits per heavy atom. The Labute approximate surface area is 196 Å². The maximum absolute atomic E-state index is 13.2. The topological polar surface area (TPSA) is 58.6 Å². The van der Waals surface area contributed by atoms with Gasteiger partial charge in [0.25, 0.3) is 5.91 Å². The number of aryl methyl sites for hydroxylation is 1. The summed E-state index contributed by atoms with van der Waals surface area (Å²) in [6, 6.07) is 14.6. The highest BCUT2D eigenvalue weighted by Gasteiger charge is 2.28. The fourth-order valence-corrected chi connectivity index (χ4v) is 4.21. The molecular formula is C26H33ClN2O3. The highest BCUT2D eigenvalue weighted by atomic mass is 35.5. The molecule has 1 atom stereocenters. The third-order valence-electron chi connectivity index (χ3n) is 6.11. The van der Waals surface area contributed by atoms with Crippen molar-refractivity contribution >= 4 is 23.4 Å². The molecule has 2 amide bonds. The highest BCUT2D eigenvalue weighted by Crippen LogP contribution is 2.21. The summed E-state index contributed by atoms with van der Waals surface area (Å²) in [6.07, 6.45) is 6.41. The first-order valence-electron chi connectivity index (χ1n) is 11.5. The molecule has 1 saturated carbocycles. The van der Waals surface area contributed by atoms with Gasteiger partial charge in [0.1, 0.15) is 11.8 Å². The van der Waals surface area contributed by atoms with Crippen LogP contribution in [-0.4, -0.2) is 35.4 Å². The highest BCUT2D eigenvalue weighted by molar-refractivity contribution is 6.31. The molecule has 0 aliphatic heterocycles. The summed E-state index contributed by atoms with van der Waals surface area (Å²) in [5.41, 5.74) is 2.00. The van der Waals surface area contributed by atoms with Gasteiger partial charge in [-0.2, -0.15) is 0 Å². The number of rotatable bonds is 9. The quantitative estimate of drug-likeness (QED) is 0.567. The molecular weight excluding hydrogens is 424 g/mol. The second kappa shape index (κ2) is 11.9. The van der Waals surface area contributed by atoms with E-state index in [1.165, 1.54) is 12.0 Å². The lowest BCUT2D eigenvalue weighted by atomic mass is 9.95. The van der Waals surface area contributed by atoms with E-state index in [4.69, 9.17) is 16.3 Å². The van der Waals surface area contributed by atoms with Crippen molar-refractivity contribution in [2.45, 2.75) is 71.0 Å². The summed E-state index contributed by atoms with van der Waals surface area (Å²) in [7, 11) is 0. The van der Waals surface area contributed by atoms with Crippen LogP contribution in [0.15, 0.2) is 48.5 Å². The number of carbonyl (C=O) groups is 2. The zero-order valence-electron chi connectivity index (χ0n) is 19.0. The standard InChI is InChI=1S/C26H33ClN2O3/c1-3-20-13-15-23(16-14-20)32-18-25(30)29(17-21-9-7-8-12-24(21)27)19(2)26(31)28-22-10-5-4-6-11-22/h7-9,12-16,19,22H,3-6,10-11,17-18H2,1-2H3,(H,28,31)/t19-/m0/s1. The van der Waals surface area contributed by atoms with Gasteiger partial charge >= 0.3 is 0 Å². The van der Waals surface area contributed by atoms with Crippen LogP contribution >= 0.6 is 11.6 Å². The van der Waals surface area contributed by atoms with Crippen molar-refractivity contribution in [2.75, 3.05) is 6.61 Å². The number of carbonyl (C=O) groups excluding carboxylic acids is 2. The van der Waals surface area contributed by atoms with E-state index in [1.54, 1.807) is 17.9 Å². The van der Waals surface area contributed by atoms with E-state index in [9.17, 15) is 9.59 Å². The average Bonchev–Trinajstić information content (AvgIpc) is 2.82. The molecule has 172 valence electrons. The molecule has 1 N–H and O–H groups in total. The maximum atomic E-state index is 13.2. The van der Waals surface area contributed by atoms with Gasteiger partial charge in [0.15, 0.2) is 6.61 Å². The molecule has 1 aliphatic carbocycles. The molecule has 0 saturated heterocycles. The Kier molecular flexibility index (Phi) is 8.98. The molecule has 3 rings (SSSR count). The minimum atomic E-state index is -0.633. The summed E-state index contributed by atoms with van der Waals surface area (Å²) in [5, 5.41) is 3.70. The van der Waals surface area contributed by atoms with Gasteiger partial charge in [-0.1, -0.05) is 68.1 Å². The number of nitrogens with zero attached hydrogens (tertiary/aromatic N) is 1. The Morgan fingerprint density at radius 2 is 1.78 bits per heavy atom. The Morgan fingerprint density at radius 1 is 1.09 bits per heavy atom. The molecule has 2 aromatic carbocycles. The number of hydrogen-bond acceptors (Lipinski definition) is 3. The van der Waals surface area contributed by atoms with Crippen LogP contribution < -0.4 is 10.1 Å². The van der Waals surface area contributed by atoms with Crippen molar-refractivity contribution in [1.82, 2.24) is 10.2 Å². The van der Waals surface area contributed by atoms with Crippen molar-refractivity contribution in [3.63, 3.8) is 0 Å². The van der Waals surface area contributed by atoms with Crippen molar-refractivity contribution < 1.29 is 14.3 Å². The lowest BCUT2D eigenvalue weighted by Crippen LogP contribution is -2.51. The van der Waals surface area contributed by atoms with Crippen molar-refractivity contribution in [3.05, 3.63) is 64.7 Å². The molecule has 1 fully saturated rings. The molecule has 0 aromatic heterocycles. The van der Waals surface area contributed by atoms with Gasteiger partial charge in [0.2, 0.25) is 5.91 Å². The van der Waals surface area contributed by atoms with Crippen LogP contribution in [0.1, 0.15) is 57.1 Å². The molecule has 0 unspecified atom stereocenters. The number of benzene rings is 2. The van der Waals surface area contributed by atoms with Gasteiger partial charge in [0.05, 0.1) is 0 Å². The summed E-state index contributed by atoms with van der Waals surface area (Å²) < 4.78 is 5.74. The molecule has 0 radical (unpaired) electrons. The van der Waals surface area contributed by atoms with Crippen LogP contribution in [0.25, 0.3) is 0 Å². The molecule has 5 nitrogen and oxygen atoms in total. The van der Waals surface area contributed by atoms with Crippen LogP contribution in [0.4, 0.5) is 0 Å². The second-order valence-electron chi connectivity index (χ2n) is 8.42. The zero-order valence-corrected chi connectivity index (χ0v) is 19.7. The fourth-order valence-electron chi connectivity index (χ4n) is 4.01. The molecule has 2 aromatic rings. The Balaban J connectivity index is 1.70. The lowest BCUT2D eigenvalue weighted by Gasteiger charge is -2.31. The summed E-state index contributed by atoms with van der Waals surface area (Å²) in [4.78, 5) is 27.7. The predicted molar refractivity (Wildman–Crippen MR) is 128 cm³/mol. The number of hydrogen-bond donors (Lipinski definition) is 1. The van der Waals surface area contributed by atoms with E-state index < -0.39 is 6.04 Å². The van der Waals surface area contributed by atoms with E-state index in [-0.39, 0.29) is 31.0 Å². The normalized spacial score (nSPS) is 15.1. The first-order valence-corrected chi connectivity index (χ1v) is 11.9. The van der Waals surface area contributed by atoms with Crippen molar-refractivity contribution in [1.29, 1.82) is 0 Å². The van der Waals surface area contributed by atoms with E-state index in [2.05, 4.69) is 12.2 Å². The smallest absolute Gasteiger partial charge is 0.261 e. The van der Waals surface area contributed by atoms with Gasteiger partial charge in [-0.25, -0.2) is 0 Å². The van der Waals surface area contributed by atoms with Gasteiger partial charge in [-0.05, 0) is 55.5 Å². The van der Waals surface area contributed by atoms with Crippen LogP contribution in [-0.2, 0) is 22.6 Å². The van der Waals surface area contributed by atoms with Gasteiger partial charge in [-0.3, -0.25) is 9.59 Å².